The van der Waals surface area contributed by atoms with Crippen LogP contribution in [-0.2, 0) is 14.3 Å². The Morgan fingerprint density at radius 3 is 2.39 bits per heavy atom. The lowest BCUT2D eigenvalue weighted by Gasteiger charge is -2.54. The Balaban J connectivity index is 1.86. The van der Waals surface area contributed by atoms with Crippen molar-refractivity contribution in [2.75, 3.05) is 0 Å². The fourth-order valence-corrected chi connectivity index (χ4v) is 5.93. The summed E-state index contributed by atoms with van der Waals surface area (Å²) in [6.45, 7) is 10.7. The summed E-state index contributed by atoms with van der Waals surface area (Å²) >= 11 is 0. The standard InChI is InChI=1S/C20H32O3/c1-18(2,3)23-17-9-7-14-13-6-8-16(22)20(5,12-21)15(13)10-11-19(14,17)4/h12-15,17H,6-11H2,1-5H3/t13-,14-,15-,17-,19-,20+/m0/s1. The fourth-order valence-electron chi connectivity index (χ4n) is 5.93. The number of carbonyl (C=O) groups is 2. The second kappa shape index (κ2) is 5.40. The van der Waals surface area contributed by atoms with Gasteiger partial charge in [-0.3, -0.25) is 4.79 Å². The molecular formula is C20H32O3. The Kier molecular flexibility index (Phi) is 4.03. The van der Waals surface area contributed by atoms with Crippen molar-refractivity contribution in [2.24, 2.45) is 28.6 Å². The van der Waals surface area contributed by atoms with Gasteiger partial charge in [0.15, 0.2) is 0 Å². The zero-order valence-corrected chi connectivity index (χ0v) is 15.4. The third-order valence-corrected chi connectivity index (χ3v) is 7.17. The third-order valence-electron chi connectivity index (χ3n) is 7.17. The Morgan fingerprint density at radius 1 is 1.09 bits per heavy atom. The molecule has 0 unspecified atom stereocenters. The van der Waals surface area contributed by atoms with E-state index in [1.807, 2.05) is 6.92 Å². The summed E-state index contributed by atoms with van der Waals surface area (Å²) < 4.78 is 6.41. The van der Waals surface area contributed by atoms with Crippen molar-refractivity contribution in [2.45, 2.75) is 84.8 Å². The number of fused-ring (bicyclic) bond motifs is 3. The lowest BCUT2D eigenvalue weighted by Crippen LogP contribution is -2.54. The van der Waals surface area contributed by atoms with E-state index >= 15 is 0 Å². The molecule has 23 heavy (non-hydrogen) atoms. The molecule has 0 aromatic carbocycles. The van der Waals surface area contributed by atoms with Gasteiger partial charge in [-0.2, -0.15) is 0 Å². The van der Waals surface area contributed by atoms with Crippen molar-refractivity contribution in [3.63, 3.8) is 0 Å². The van der Waals surface area contributed by atoms with E-state index in [0.29, 0.717) is 24.4 Å². The van der Waals surface area contributed by atoms with Crippen molar-refractivity contribution in [1.82, 2.24) is 0 Å². The smallest absolute Gasteiger partial charge is 0.146 e. The summed E-state index contributed by atoms with van der Waals surface area (Å²) in [5.74, 6) is 1.52. The second-order valence-electron chi connectivity index (χ2n) is 9.58. The predicted molar refractivity (Wildman–Crippen MR) is 90.1 cm³/mol. The Labute approximate surface area is 140 Å². The summed E-state index contributed by atoms with van der Waals surface area (Å²) in [6.07, 6.45) is 7.18. The molecule has 0 N–H and O–H groups in total. The molecule has 0 spiro atoms. The molecule has 6 atom stereocenters. The van der Waals surface area contributed by atoms with E-state index in [9.17, 15) is 9.59 Å². The molecule has 0 aromatic rings. The molecule has 0 radical (unpaired) electrons. The number of hydrogen-bond acceptors (Lipinski definition) is 3. The van der Waals surface area contributed by atoms with Crippen LogP contribution in [-0.4, -0.2) is 23.8 Å². The van der Waals surface area contributed by atoms with Crippen molar-refractivity contribution >= 4 is 12.1 Å². The van der Waals surface area contributed by atoms with Gasteiger partial charge in [0.25, 0.3) is 0 Å². The summed E-state index contributed by atoms with van der Waals surface area (Å²) in [6, 6.07) is 0. The summed E-state index contributed by atoms with van der Waals surface area (Å²) in [4.78, 5) is 24.1. The highest BCUT2D eigenvalue weighted by Gasteiger charge is 2.60. The number of hydrogen-bond donors (Lipinski definition) is 0. The van der Waals surface area contributed by atoms with Crippen LogP contribution in [0.3, 0.4) is 0 Å². The first-order valence-corrected chi connectivity index (χ1v) is 9.29. The van der Waals surface area contributed by atoms with Crippen LogP contribution in [0.4, 0.5) is 0 Å². The zero-order chi connectivity index (χ0) is 17.0. The number of carbonyl (C=O) groups excluding carboxylic acids is 2. The Morgan fingerprint density at radius 2 is 1.78 bits per heavy atom. The summed E-state index contributed by atoms with van der Waals surface area (Å²) in [5.41, 5.74) is -0.648. The van der Waals surface area contributed by atoms with Gasteiger partial charge in [0.2, 0.25) is 0 Å². The highest BCUT2D eigenvalue weighted by molar-refractivity contribution is 5.98. The highest BCUT2D eigenvalue weighted by atomic mass is 16.5. The van der Waals surface area contributed by atoms with Gasteiger partial charge in [-0.25, -0.2) is 0 Å². The van der Waals surface area contributed by atoms with Gasteiger partial charge in [0, 0.05) is 6.42 Å². The molecule has 0 aromatic heterocycles. The first kappa shape index (κ1) is 17.1. The van der Waals surface area contributed by atoms with E-state index in [2.05, 4.69) is 27.7 Å². The SMILES string of the molecule is CC(C)(C)O[C@H]1CC[C@H]2[C@@H]3CCC(=O)[C@](C)(C=O)[C@H]3CC[C@]12C. The van der Waals surface area contributed by atoms with Gasteiger partial charge in [-0.05, 0) is 83.0 Å². The monoisotopic (exact) mass is 320 g/mol. The van der Waals surface area contributed by atoms with E-state index in [1.165, 1.54) is 6.42 Å². The van der Waals surface area contributed by atoms with Crippen LogP contribution >= 0.6 is 0 Å². The minimum absolute atomic E-state index is 0.112. The third kappa shape index (κ3) is 2.59. The molecule has 3 rings (SSSR count). The van der Waals surface area contributed by atoms with E-state index in [1.54, 1.807) is 0 Å². The molecule has 3 saturated carbocycles. The largest absolute Gasteiger partial charge is 0.372 e. The molecule has 0 amide bonds. The van der Waals surface area contributed by atoms with E-state index in [-0.39, 0.29) is 22.7 Å². The lowest BCUT2D eigenvalue weighted by molar-refractivity contribution is -0.158. The Hall–Kier alpha value is -0.700. The van der Waals surface area contributed by atoms with Crippen molar-refractivity contribution in [1.29, 1.82) is 0 Å². The molecule has 3 fully saturated rings. The van der Waals surface area contributed by atoms with Crippen LogP contribution in [0, 0.1) is 28.6 Å². The van der Waals surface area contributed by atoms with Crippen LogP contribution in [0.1, 0.15) is 73.1 Å². The van der Waals surface area contributed by atoms with Crippen LogP contribution in [0.25, 0.3) is 0 Å². The molecule has 0 bridgehead atoms. The van der Waals surface area contributed by atoms with Crippen molar-refractivity contribution in [3.05, 3.63) is 0 Å². The first-order valence-electron chi connectivity index (χ1n) is 9.29. The summed E-state index contributed by atoms with van der Waals surface area (Å²) in [5, 5.41) is 0. The average Bonchev–Trinajstić information content (AvgIpc) is 2.78. The van der Waals surface area contributed by atoms with E-state index < -0.39 is 5.41 Å². The quantitative estimate of drug-likeness (QED) is 0.566. The molecule has 3 nitrogen and oxygen atoms in total. The fraction of sp³-hybridized carbons (Fsp3) is 0.900. The van der Waals surface area contributed by atoms with Crippen LogP contribution in [0.2, 0.25) is 0 Å². The molecule has 3 aliphatic rings. The lowest BCUT2D eigenvalue weighted by atomic mass is 9.50. The van der Waals surface area contributed by atoms with Crippen molar-refractivity contribution in [3.8, 4) is 0 Å². The zero-order valence-electron chi connectivity index (χ0n) is 15.4. The van der Waals surface area contributed by atoms with Gasteiger partial charge in [0.1, 0.15) is 12.1 Å². The van der Waals surface area contributed by atoms with Gasteiger partial charge in [-0.1, -0.05) is 6.92 Å². The Bertz CT molecular complexity index is 506. The molecular weight excluding hydrogens is 288 g/mol. The number of ether oxygens (including phenoxy) is 1. The molecule has 0 saturated heterocycles. The maximum Gasteiger partial charge on any atom is 0.146 e. The topological polar surface area (TPSA) is 43.4 Å². The molecule has 130 valence electrons. The van der Waals surface area contributed by atoms with E-state index in [4.69, 9.17) is 4.74 Å². The van der Waals surface area contributed by atoms with Gasteiger partial charge in [0.05, 0.1) is 17.1 Å². The van der Waals surface area contributed by atoms with E-state index in [0.717, 1.165) is 32.0 Å². The minimum Gasteiger partial charge on any atom is -0.372 e. The maximum atomic E-state index is 12.4. The molecule has 0 aliphatic heterocycles. The molecule has 3 aliphatic carbocycles. The van der Waals surface area contributed by atoms with Crippen LogP contribution in [0.5, 0.6) is 0 Å². The molecule has 3 heteroatoms. The normalized spacial score (nSPS) is 47.1. The van der Waals surface area contributed by atoms with Gasteiger partial charge in [-0.15, -0.1) is 0 Å². The second-order valence-corrected chi connectivity index (χ2v) is 9.58. The van der Waals surface area contributed by atoms with Gasteiger partial charge >= 0.3 is 0 Å². The summed E-state index contributed by atoms with van der Waals surface area (Å²) in [7, 11) is 0. The number of aldehydes is 1. The van der Waals surface area contributed by atoms with Crippen LogP contribution < -0.4 is 0 Å². The van der Waals surface area contributed by atoms with Crippen LogP contribution in [0.15, 0.2) is 0 Å². The minimum atomic E-state index is -0.743. The number of rotatable bonds is 2. The number of ketones is 1. The molecule has 0 heterocycles. The number of Topliss-reactive ketones (excluding diaryl/α,β-unsaturated/α-hetero) is 1. The van der Waals surface area contributed by atoms with Gasteiger partial charge < -0.3 is 9.53 Å². The maximum absolute atomic E-state index is 12.4. The average molecular weight is 320 g/mol. The first-order chi connectivity index (χ1) is 10.6. The highest BCUT2D eigenvalue weighted by Crippen LogP contribution is 2.62. The predicted octanol–water partition coefficient (Wildman–Crippen LogP) is 4.18. The van der Waals surface area contributed by atoms with Crippen molar-refractivity contribution < 1.29 is 14.3 Å².